The Morgan fingerprint density at radius 3 is 1.08 bits per heavy atom. The third kappa shape index (κ3) is 50.2. The Labute approximate surface area is 385 Å². The second-order valence-electron chi connectivity index (χ2n) is 17.7. The number of carbonyl (C=O) groups excluding carboxylic acids is 2. The summed E-state index contributed by atoms with van der Waals surface area (Å²) in [4.78, 5) is 25.2. The lowest BCUT2D eigenvalue weighted by Crippen LogP contribution is -2.29. The molecule has 0 N–H and O–H groups in total. The molecule has 62 heavy (non-hydrogen) atoms. The van der Waals surface area contributed by atoms with Gasteiger partial charge >= 0.3 is 11.9 Å². The summed E-state index contributed by atoms with van der Waals surface area (Å²) in [5.41, 5.74) is 0. The highest BCUT2D eigenvalue weighted by Gasteiger charge is 2.16. The van der Waals surface area contributed by atoms with E-state index < -0.39 is 6.10 Å². The van der Waals surface area contributed by atoms with Gasteiger partial charge in [0.25, 0.3) is 0 Å². The molecule has 0 aliphatic carbocycles. The number of unbranched alkanes of at least 4 members (excludes halogenated alkanes) is 28. The van der Waals surface area contributed by atoms with E-state index in [1.807, 2.05) is 0 Å². The molecule has 5 nitrogen and oxygen atoms in total. The predicted octanol–water partition coefficient (Wildman–Crippen LogP) is 18.1. The quantitative estimate of drug-likeness (QED) is 0.0346. The van der Waals surface area contributed by atoms with Gasteiger partial charge in [-0.3, -0.25) is 9.59 Å². The van der Waals surface area contributed by atoms with E-state index in [2.05, 4.69) is 81.5 Å². The van der Waals surface area contributed by atoms with Crippen molar-refractivity contribution in [2.75, 3.05) is 19.8 Å². The fourth-order valence-corrected chi connectivity index (χ4v) is 7.53. The van der Waals surface area contributed by atoms with Gasteiger partial charge in [-0.15, -0.1) is 0 Å². The summed E-state index contributed by atoms with van der Waals surface area (Å²) in [6, 6.07) is 0. The molecule has 0 unspecified atom stereocenters. The van der Waals surface area contributed by atoms with E-state index in [1.165, 1.54) is 148 Å². The van der Waals surface area contributed by atoms with Crippen LogP contribution in [0.3, 0.4) is 0 Å². The maximum absolute atomic E-state index is 12.6. The van der Waals surface area contributed by atoms with Crippen molar-refractivity contribution in [1.29, 1.82) is 0 Å². The lowest BCUT2D eigenvalue weighted by molar-refractivity contribution is -0.155. The smallest absolute Gasteiger partial charge is 0.305 e. The average molecular weight is 867 g/mol. The second kappa shape index (κ2) is 52.9. The Morgan fingerprint density at radius 1 is 0.355 bits per heavy atom. The summed E-state index contributed by atoms with van der Waals surface area (Å²) in [5.74, 6) is -0.383. The minimum atomic E-state index is -0.419. The van der Waals surface area contributed by atoms with Crippen LogP contribution in [-0.2, 0) is 23.8 Å². The fraction of sp³-hybridized carbons (Fsp3) is 0.789. The minimum Gasteiger partial charge on any atom is -0.463 e. The normalized spacial score (nSPS) is 12.6. The molecule has 0 radical (unpaired) electrons. The molecule has 0 heterocycles. The molecule has 0 aromatic heterocycles. The molecule has 360 valence electrons. The van der Waals surface area contributed by atoms with Crippen molar-refractivity contribution in [3.05, 3.63) is 60.8 Å². The molecular formula is C57H102O5. The molecule has 0 bridgehead atoms. The van der Waals surface area contributed by atoms with Crippen molar-refractivity contribution < 1.29 is 23.8 Å². The van der Waals surface area contributed by atoms with E-state index in [9.17, 15) is 9.59 Å². The monoisotopic (exact) mass is 867 g/mol. The number of hydrogen-bond donors (Lipinski definition) is 0. The molecule has 0 aliphatic heterocycles. The van der Waals surface area contributed by atoms with Crippen molar-refractivity contribution in [1.82, 2.24) is 0 Å². The number of ether oxygens (including phenoxy) is 3. The van der Waals surface area contributed by atoms with E-state index in [1.54, 1.807) is 0 Å². The zero-order chi connectivity index (χ0) is 44.9. The molecule has 0 fully saturated rings. The first-order valence-corrected chi connectivity index (χ1v) is 26.8. The van der Waals surface area contributed by atoms with Crippen LogP contribution in [0.25, 0.3) is 0 Å². The first-order valence-electron chi connectivity index (χ1n) is 26.8. The van der Waals surface area contributed by atoms with Gasteiger partial charge in [0.05, 0.1) is 0 Å². The van der Waals surface area contributed by atoms with E-state index in [0.717, 1.165) is 83.5 Å². The SMILES string of the molecule is CC/C=C\C/C=C\C/C=C\C/C=C\CCCCC(=O)OC[C@H](COC(=O)CCCCCCC/C=C\CCCCCCCC)OCCCCCCCCCCCCCCCCCC. The lowest BCUT2D eigenvalue weighted by atomic mass is 10.0. The number of rotatable bonds is 49. The standard InChI is InChI=1S/C57H102O5/c1-4-7-10-13-16-19-22-25-28-31-34-37-40-43-46-49-52-60-55(53-61-56(58)50-47-44-41-38-35-32-29-26-23-20-17-14-11-8-5-2)54-62-57(59)51-48-45-42-39-36-33-30-27-24-21-18-15-12-9-6-3/h8,11,17,20,26-27,29-30,35,38,55H,4-7,9-10,12-16,18-19,21-25,28,31-34,36-37,39-54H2,1-3H3/b11-8-,20-17-,29-26-,30-27-,38-35-/t55-/m1/s1. The van der Waals surface area contributed by atoms with Gasteiger partial charge in [0.15, 0.2) is 0 Å². The second-order valence-corrected chi connectivity index (χ2v) is 17.7. The van der Waals surface area contributed by atoms with E-state index in [4.69, 9.17) is 14.2 Å². The maximum Gasteiger partial charge on any atom is 0.305 e. The minimum absolute atomic E-state index is 0.134. The molecule has 0 aromatic carbocycles. The summed E-state index contributed by atoms with van der Waals surface area (Å²) in [7, 11) is 0. The molecular weight excluding hydrogens is 765 g/mol. The molecule has 5 heteroatoms. The Kier molecular flexibility index (Phi) is 50.9. The molecule has 0 aliphatic rings. The van der Waals surface area contributed by atoms with Gasteiger partial charge in [0.2, 0.25) is 0 Å². The largest absolute Gasteiger partial charge is 0.463 e. The van der Waals surface area contributed by atoms with E-state index >= 15 is 0 Å². The van der Waals surface area contributed by atoms with E-state index in [-0.39, 0.29) is 25.2 Å². The van der Waals surface area contributed by atoms with Gasteiger partial charge in [-0.25, -0.2) is 0 Å². The first-order chi connectivity index (χ1) is 30.6. The van der Waals surface area contributed by atoms with Crippen molar-refractivity contribution in [3.8, 4) is 0 Å². The van der Waals surface area contributed by atoms with Crippen LogP contribution < -0.4 is 0 Å². The van der Waals surface area contributed by atoms with Crippen LogP contribution in [-0.4, -0.2) is 37.9 Å². The summed E-state index contributed by atoms with van der Waals surface area (Å²) in [5, 5.41) is 0. The lowest BCUT2D eigenvalue weighted by Gasteiger charge is -2.18. The van der Waals surface area contributed by atoms with Crippen molar-refractivity contribution in [2.45, 2.75) is 271 Å². The van der Waals surface area contributed by atoms with Crippen LogP contribution in [0.5, 0.6) is 0 Å². The number of carbonyl (C=O) groups is 2. The van der Waals surface area contributed by atoms with Gasteiger partial charge in [0, 0.05) is 19.4 Å². The van der Waals surface area contributed by atoms with Gasteiger partial charge in [0.1, 0.15) is 19.3 Å². The summed E-state index contributed by atoms with van der Waals surface area (Å²) < 4.78 is 17.4. The summed E-state index contributed by atoms with van der Waals surface area (Å²) >= 11 is 0. The molecule has 0 amide bonds. The molecule has 1 atom stereocenters. The fourth-order valence-electron chi connectivity index (χ4n) is 7.53. The van der Waals surface area contributed by atoms with Crippen molar-refractivity contribution >= 4 is 11.9 Å². The highest BCUT2D eigenvalue weighted by Crippen LogP contribution is 2.15. The third-order valence-corrected chi connectivity index (χ3v) is 11.6. The summed E-state index contributed by atoms with van der Waals surface area (Å²) in [6.45, 7) is 7.58. The van der Waals surface area contributed by atoms with Crippen molar-refractivity contribution in [2.24, 2.45) is 0 Å². The van der Waals surface area contributed by atoms with Crippen LogP contribution in [0.2, 0.25) is 0 Å². The van der Waals surface area contributed by atoms with Crippen LogP contribution in [0.4, 0.5) is 0 Å². The Morgan fingerprint density at radius 2 is 0.661 bits per heavy atom. The Bertz CT molecular complexity index is 1070. The predicted molar refractivity (Wildman–Crippen MR) is 270 cm³/mol. The highest BCUT2D eigenvalue weighted by molar-refractivity contribution is 5.69. The molecule has 0 saturated heterocycles. The highest BCUT2D eigenvalue weighted by atomic mass is 16.6. The van der Waals surface area contributed by atoms with Crippen LogP contribution in [0.1, 0.15) is 265 Å². The van der Waals surface area contributed by atoms with Gasteiger partial charge in [-0.05, 0) is 83.5 Å². The van der Waals surface area contributed by atoms with Gasteiger partial charge < -0.3 is 14.2 Å². The maximum atomic E-state index is 12.6. The average Bonchev–Trinajstić information content (AvgIpc) is 3.28. The Hall–Kier alpha value is -2.40. The number of esters is 2. The zero-order valence-corrected chi connectivity index (χ0v) is 41.4. The third-order valence-electron chi connectivity index (χ3n) is 11.6. The number of allylic oxidation sites excluding steroid dienone is 10. The topological polar surface area (TPSA) is 61.8 Å². The van der Waals surface area contributed by atoms with Gasteiger partial charge in [-0.2, -0.15) is 0 Å². The molecule has 0 spiro atoms. The van der Waals surface area contributed by atoms with E-state index in [0.29, 0.717) is 19.4 Å². The molecule has 0 saturated carbocycles. The van der Waals surface area contributed by atoms with Crippen LogP contribution in [0.15, 0.2) is 60.8 Å². The van der Waals surface area contributed by atoms with Crippen LogP contribution in [0, 0.1) is 0 Å². The Balaban J connectivity index is 4.32. The zero-order valence-electron chi connectivity index (χ0n) is 41.4. The first kappa shape index (κ1) is 59.6. The van der Waals surface area contributed by atoms with Crippen molar-refractivity contribution in [3.63, 3.8) is 0 Å². The summed E-state index contributed by atoms with van der Waals surface area (Å²) in [6.07, 6.45) is 66.8. The molecule has 0 aromatic rings. The number of hydrogen-bond acceptors (Lipinski definition) is 5. The van der Waals surface area contributed by atoms with Crippen LogP contribution >= 0.6 is 0 Å². The van der Waals surface area contributed by atoms with Gasteiger partial charge in [-0.1, -0.05) is 229 Å². The molecule has 0 rings (SSSR count).